The lowest BCUT2D eigenvalue weighted by atomic mass is 9.81. The molecule has 0 bridgehead atoms. The van der Waals surface area contributed by atoms with Crippen molar-refractivity contribution in [2.24, 2.45) is 45.9 Å². The molecule has 6 aliphatic heterocycles. The molecule has 8 fully saturated rings. The van der Waals surface area contributed by atoms with Gasteiger partial charge in [0.25, 0.3) is 0 Å². The third-order valence-electron chi connectivity index (χ3n) is 21.3. The lowest BCUT2D eigenvalue weighted by Crippen LogP contribution is -2.73. The number of likely N-dealkylation sites (N-methyl/N-ethyl adjacent to an activating group) is 3. The highest BCUT2D eigenvalue weighted by molar-refractivity contribution is 5.76. The molecule has 41 atom stereocenters. The van der Waals surface area contributed by atoms with Gasteiger partial charge in [-0.25, -0.2) is 0 Å². The molecule has 50 heteroatoms. The summed E-state index contributed by atoms with van der Waals surface area (Å²) in [5.74, 6) is -1.99. The van der Waals surface area contributed by atoms with Crippen LogP contribution >= 0.6 is 0 Å². The predicted octanol–water partition coefficient (Wildman–Crippen LogP) is -19.5. The van der Waals surface area contributed by atoms with E-state index in [4.69, 9.17) is 124 Å². The van der Waals surface area contributed by atoms with E-state index in [0.29, 0.717) is 18.6 Å². The summed E-state index contributed by atoms with van der Waals surface area (Å²) < 4.78 is 69.1. The average Bonchev–Trinajstić information content (AvgIpc) is 1.62. The second kappa shape index (κ2) is 39.2. The van der Waals surface area contributed by atoms with E-state index in [9.17, 15) is 96.7 Å². The normalized spacial score (nSPS) is 47.8. The first-order valence-electron chi connectivity index (χ1n) is 35.6. The van der Waals surface area contributed by atoms with Gasteiger partial charge in [-0.05, 0) is 60.8 Å². The summed E-state index contributed by atoms with van der Waals surface area (Å²) in [6, 6.07) is -10.2. The first-order chi connectivity index (χ1) is 52.0. The quantitative estimate of drug-likeness (QED) is 0.0242. The minimum absolute atomic E-state index is 0.0727. The highest BCUT2D eigenvalue weighted by Crippen LogP contribution is 2.42. The molecule has 111 heavy (non-hydrogen) atoms. The minimum Gasteiger partial charge on any atom is -0.467 e. The molecule has 0 amide bonds. The molecule has 50 nitrogen and oxygen atoms in total. The van der Waals surface area contributed by atoms with Gasteiger partial charge in [-0.1, -0.05) is 0 Å². The van der Waals surface area contributed by atoms with Crippen LogP contribution in [-0.2, 0) is 61.6 Å². The SMILES string of the molecule is CN[C@@H]1[C@@H](O)[C@@H](O[C@@H]2[C@@H](O)[C@H](OC3OC(CN)=CCC3N)[C@@H](N)C[C@H]2N)OC[C@]1(C)O.CN[C@@H]1[C@H](O[C@H]2[C@H](O[C@H]3[C@H](O)[C@@H](O)[C@H](NC(=N)N)[C@@H](O)[C@@H]3NC(=N)N)O[C@@H](C)[C@]2(O)C=O)O[C@@H](CO)[C@H](O)[C@H]1O.CN[C@@H]1[C@H](O[C@H]2[C@H](O[C@H]3[C@H](O)[C@@H](O)[C@H](NC(=N)N)[C@@H](O)[C@@H]3NC(=N)N)O[C@@H](C)[C@]2(O)CO)O[C@@H](CO)[C@H](O)[C@H]1O. The topological polar surface area (TPSA) is 880 Å². The molecule has 3 saturated carbocycles. The Bertz CT molecular complexity index is 3060. The van der Waals surface area contributed by atoms with E-state index in [1.54, 1.807) is 20.0 Å². The molecule has 642 valence electrons. The first kappa shape index (κ1) is 93.0. The number of carbonyl (C=O) groups excluding carboxylic acids is 1. The Morgan fingerprint density at radius 1 is 0.495 bits per heavy atom. The lowest BCUT2D eigenvalue weighted by molar-refractivity contribution is -0.318. The molecular weight excluding hydrogens is 1490 g/mol. The van der Waals surface area contributed by atoms with Gasteiger partial charge in [0.1, 0.15) is 127 Å². The lowest BCUT2D eigenvalue weighted by Gasteiger charge is -2.48. The van der Waals surface area contributed by atoms with E-state index in [0.717, 1.165) is 0 Å². The predicted molar refractivity (Wildman–Crippen MR) is 374 cm³/mol. The Hall–Kier alpha value is -5.15. The number of ether oxygens (including phenoxy) is 12. The molecule has 0 aromatic rings. The van der Waals surface area contributed by atoms with Gasteiger partial charge in [-0.2, -0.15) is 0 Å². The maximum absolute atomic E-state index is 12.1. The van der Waals surface area contributed by atoms with Gasteiger partial charge in [0.05, 0.1) is 106 Å². The van der Waals surface area contributed by atoms with Crippen LogP contribution in [0.25, 0.3) is 0 Å². The van der Waals surface area contributed by atoms with E-state index in [-0.39, 0.29) is 19.4 Å². The summed E-state index contributed by atoms with van der Waals surface area (Å²) in [4.78, 5) is 12.1. The molecule has 9 rings (SSSR count). The number of guanidine groups is 4. The number of rotatable bonds is 24. The first-order valence-corrected chi connectivity index (χ1v) is 35.6. The van der Waals surface area contributed by atoms with Crippen molar-refractivity contribution in [3.63, 3.8) is 0 Å². The van der Waals surface area contributed by atoms with E-state index >= 15 is 0 Å². The number of hydrogen-bond acceptors (Lipinski definition) is 42. The van der Waals surface area contributed by atoms with Crippen molar-refractivity contribution in [2.45, 2.75) is 283 Å². The molecule has 3 aliphatic carbocycles. The summed E-state index contributed by atoms with van der Waals surface area (Å²) in [6.07, 6.45) is -37.7. The van der Waals surface area contributed by atoms with Gasteiger partial charge in [0.15, 0.2) is 67.2 Å². The maximum Gasteiger partial charge on any atom is 0.215 e. The fourth-order valence-electron chi connectivity index (χ4n) is 14.9. The number of nitrogens with two attached hydrogens (primary N) is 8. The number of aliphatic hydroxyl groups excluding tert-OH is 15. The Balaban J connectivity index is 0.000000233. The average molecular weight is 1610 g/mol. The van der Waals surface area contributed by atoms with Crippen LogP contribution in [0.3, 0.4) is 0 Å². The van der Waals surface area contributed by atoms with Crippen LogP contribution in [0.4, 0.5) is 0 Å². The van der Waals surface area contributed by atoms with Crippen LogP contribution in [0.15, 0.2) is 11.8 Å². The van der Waals surface area contributed by atoms with Crippen molar-refractivity contribution in [2.75, 3.05) is 54.1 Å². The van der Waals surface area contributed by atoms with E-state index in [1.165, 1.54) is 27.9 Å². The van der Waals surface area contributed by atoms with Crippen LogP contribution in [-0.4, -0.2) is 425 Å². The Kier molecular flexibility index (Phi) is 32.8. The zero-order valence-electron chi connectivity index (χ0n) is 61.5. The monoisotopic (exact) mass is 1610 g/mol. The van der Waals surface area contributed by atoms with Crippen molar-refractivity contribution in [1.82, 2.24) is 37.2 Å². The number of hydrogen-bond donors (Lipinski definition) is 37. The van der Waals surface area contributed by atoms with Crippen LogP contribution in [0.1, 0.15) is 33.6 Å². The zero-order valence-corrected chi connectivity index (χ0v) is 61.5. The van der Waals surface area contributed by atoms with Gasteiger partial charge in [0.2, 0.25) is 6.29 Å². The third-order valence-corrected chi connectivity index (χ3v) is 21.3. The largest absolute Gasteiger partial charge is 0.467 e. The van der Waals surface area contributed by atoms with Crippen molar-refractivity contribution in [1.29, 1.82) is 21.6 Å². The van der Waals surface area contributed by atoms with E-state index in [1.807, 2.05) is 0 Å². The van der Waals surface area contributed by atoms with Gasteiger partial charge < -0.3 is 232 Å². The molecule has 0 aromatic carbocycles. The number of carbonyl (C=O) groups is 1. The number of aliphatic hydroxyl groups is 18. The number of aldehydes is 1. The zero-order chi connectivity index (χ0) is 83.1. The van der Waals surface area contributed by atoms with Gasteiger partial charge in [0, 0.05) is 12.1 Å². The van der Waals surface area contributed by atoms with Gasteiger partial charge >= 0.3 is 0 Å². The fourth-order valence-corrected chi connectivity index (χ4v) is 14.9. The molecule has 5 saturated heterocycles. The maximum atomic E-state index is 12.1. The van der Waals surface area contributed by atoms with Crippen LogP contribution in [0.2, 0.25) is 0 Å². The molecule has 0 aromatic heterocycles. The van der Waals surface area contributed by atoms with Crippen LogP contribution < -0.4 is 83.1 Å². The second-order valence-corrected chi connectivity index (χ2v) is 28.9. The fraction of sp³-hybridized carbons (Fsp3) is 0.885. The van der Waals surface area contributed by atoms with Crippen LogP contribution in [0, 0.1) is 21.6 Å². The Labute approximate surface area is 635 Å². The molecular formula is C61H117N19O31. The molecule has 6 heterocycles. The standard InChI is InChI=1S/C21H41N7O12.C21H39N7O12.C19H37N5O7/c2*1-5-21(36,4-30)16(40-17-9(26-2)13(34)10(31)6(3-29)38-17)18(37-5)39-15-8(28-20(24)25)11(32)7(27-19(22)23)12(33)14(15)35;1-19(27)7-28-18(13(26)16(19)24-2)31-15-11(23)5-10(22)14(12(15)25)30-17-9(21)4-3-8(6-20)29-17/h5-18,26,29-36H,3-4H2,1-2H3,(H4,22,23,27)(H4,24,25,28);4-18,26,29,31-36H,3H2,1-2H3,(H4,22,23,27)(H4,24,25,28);3,9-18,24-27H,4-7,20-23H2,1-2H3/t2*5-,6-,7+,8-,9-,10-,11+,12-,13-,14+,15+,16-,17-,18-,21+;9?,10-,11+,12-,13+,14+,15-,16+,17?,18+,19-/m000/s1. The molecule has 2 unspecified atom stereocenters. The van der Waals surface area contributed by atoms with Gasteiger partial charge in [-0.3, -0.25) is 26.4 Å². The summed E-state index contributed by atoms with van der Waals surface area (Å²) >= 11 is 0. The smallest absolute Gasteiger partial charge is 0.215 e. The van der Waals surface area contributed by atoms with E-state index in [2.05, 4.69) is 37.2 Å². The van der Waals surface area contributed by atoms with Crippen molar-refractivity contribution in [3.8, 4) is 0 Å². The second-order valence-electron chi connectivity index (χ2n) is 28.9. The summed E-state index contributed by atoms with van der Waals surface area (Å²) in [5, 5.41) is 238. The summed E-state index contributed by atoms with van der Waals surface area (Å²) in [7, 11) is 4.47. The Morgan fingerprint density at radius 2 is 0.901 bits per heavy atom. The van der Waals surface area contributed by atoms with Crippen LogP contribution in [0.5, 0.6) is 0 Å². The van der Waals surface area contributed by atoms with Crippen molar-refractivity contribution >= 4 is 30.1 Å². The number of nitrogens with one attached hydrogen (secondary N) is 11. The van der Waals surface area contributed by atoms with Crippen molar-refractivity contribution in [3.05, 3.63) is 11.8 Å². The Morgan fingerprint density at radius 3 is 1.31 bits per heavy atom. The van der Waals surface area contributed by atoms with E-state index < -0.39 is 293 Å². The summed E-state index contributed by atoms with van der Waals surface area (Å²) in [6.45, 7) is 2.08. The highest BCUT2D eigenvalue weighted by atomic mass is 16.8. The molecule has 0 spiro atoms. The molecule has 45 N–H and O–H groups in total. The van der Waals surface area contributed by atoms with Crippen molar-refractivity contribution < 1.29 is 154 Å². The summed E-state index contributed by atoms with van der Waals surface area (Å²) in [5.41, 5.74) is 39.9. The highest BCUT2D eigenvalue weighted by Gasteiger charge is 2.64. The van der Waals surface area contributed by atoms with Gasteiger partial charge in [-0.15, -0.1) is 0 Å². The molecule has 0 radical (unpaired) electrons. The third kappa shape index (κ3) is 20.3. The molecule has 9 aliphatic rings. The minimum atomic E-state index is -2.39.